The van der Waals surface area contributed by atoms with Gasteiger partial charge in [0.2, 0.25) is 0 Å². The second-order valence-electron chi connectivity index (χ2n) is 10.5. The Balaban J connectivity index is 1.13. The molecule has 2 aliphatic heterocycles. The normalized spacial score (nSPS) is 17.9. The molecule has 0 amide bonds. The van der Waals surface area contributed by atoms with E-state index in [-0.39, 0.29) is 0 Å². The predicted octanol–water partition coefficient (Wildman–Crippen LogP) is 4.90. The van der Waals surface area contributed by atoms with E-state index in [2.05, 4.69) is 39.0 Å². The molecule has 2 N–H and O–H groups in total. The maximum absolute atomic E-state index is 13.4. The average Bonchev–Trinajstić information content (AvgIpc) is 3.56. The van der Waals surface area contributed by atoms with Crippen LogP contribution in [0.3, 0.4) is 0 Å². The van der Waals surface area contributed by atoms with Crippen molar-refractivity contribution in [2.24, 2.45) is 5.92 Å². The summed E-state index contributed by atoms with van der Waals surface area (Å²) in [5.41, 5.74) is 4.48. The van der Waals surface area contributed by atoms with Crippen LogP contribution in [0.15, 0.2) is 36.4 Å². The summed E-state index contributed by atoms with van der Waals surface area (Å²) in [5.74, 6) is 1.00. The summed E-state index contributed by atoms with van der Waals surface area (Å²) in [5, 5.41) is 8.52. The second kappa shape index (κ2) is 9.87. The van der Waals surface area contributed by atoms with E-state index in [0.717, 1.165) is 53.2 Å². The molecule has 1 atom stereocenters. The number of hydrogen-bond acceptors (Lipinski definition) is 5. The molecule has 0 bridgehead atoms. The van der Waals surface area contributed by atoms with Crippen LogP contribution in [-0.2, 0) is 19.5 Å². The Morgan fingerprint density at radius 1 is 1.08 bits per heavy atom. The van der Waals surface area contributed by atoms with Crippen molar-refractivity contribution < 1.29 is 13.5 Å². The lowest BCUT2D eigenvalue weighted by molar-refractivity contribution is 0.103. The summed E-state index contributed by atoms with van der Waals surface area (Å²) in [6.45, 7) is 6.76. The fourth-order valence-electron chi connectivity index (χ4n) is 5.67. The van der Waals surface area contributed by atoms with Gasteiger partial charge in [-0.15, -0.1) is 0 Å². The van der Waals surface area contributed by atoms with Crippen molar-refractivity contribution in [3.8, 4) is 17.3 Å². The van der Waals surface area contributed by atoms with Crippen LogP contribution in [0.4, 0.5) is 8.78 Å². The van der Waals surface area contributed by atoms with Crippen LogP contribution in [0.5, 0.6) is 5.75 Å². The van der Waals surface area contributed by atoms with Crippen LogP contribution < -0.4 is 4.74 Å². The van der Waals surface area contributed by atoms with Gasteiger partial charge in [-0.3, -0.25) is 10.00 Å². The lowest BCUT2D eigenvalue weighted by Crippen LogP contribution is -2.41. The largest absolute Gasteiger partial charge is 0.493 e. The van der Waals surface area contributed by atoms with E-state index in [1.54, 1.807) is 0 Å². The van der Waals surface area contributed by atoms with E-state index in [9.17, 15) is 8.78 Å². The zero-order valence-corrected chi connectivity index (χ0v) is 21.2. The Kier molecular flexibility index (Phi) is 6.42. The smallest absolute Gasteiger partial charge is 0.159 e. The summed E-state index contributed by atoms with van der Waals surface area (Å²) in [4.78, 5) is 13.4. The van der Waals surface area contributed by atoms with E-state index in [0.29, 0.717) is 30.4 Å². The Hall–Kier alpha value is -3.30. The summed E-state index contributed by atoms with van der Waals surface area (Å²) in [6.07, 6.45) is 2.91. The van der Waals surface area contributed by atoms with Crippen LogP contribution in [0, 0.1) is 17.6 Å². The lowest BCUT2D eigenvalue weighted by Gasteiger charge is -2.36. The maximum atomic E-state index is 13.4. The molecular formula is C28H32F2N6O. The quantitative estimate of drug-likeness (QED) is 0.373. The van der Waals surface area contributed by atoms with Gasteiger partial charge in [-0.1, -0.05) is 0 Å². The number of ether oxygens (including phenoxy) is 1. The molecule has 0 aliphatic carbocycles. The molecule has 7 nitrogen and oxygen atoms in total. The molecule has 2 aromatic carbocycles. The Morgan fingerprint density at radius 3 is 2.62 bits per heavy atom. The molecule has 0 spiro atoms. The third kappa shape index (κ3) is 4.98. The van der Waals surface area contributed by atoms with E-state index in [1.165, 1.54) is 43.8 Å². The number of imidazole rings is 1. The minimum absolute atomic E-state index is 0.307. The Bertz CT molecular complexity index is 1360. The van der Waals surface area contributed by atoms with Crippen molar-refractivity contribution in [2.75, 3.05) is 26.7 Å². The molecule has 0 saturated carbocycles. The molecule has 0 radical (unpaired) electrons. The number of nitrogens with zero attached hydrogens (tertiary/aromatic N) is 4. The average molecular weight is 507 g/mol. The van der Waals surface area contributed by atoms with Gasteiger partial charge in [-0.2, -0.15) is 5.10 Å². The first-order valence-electron chi connectivity index (χ1n) is 13.0. The standard InChI is InChI=1S/C28H32F2N6O/c1-17(19-5-8-35(2)9-6-19)36-15-25-26(16-36)32-28(31-25)27-23-14-22(3-4-24(23)33-34-27)37-10-7-18-11-20(29)13-21(30)12-18/h3-4,11-14,17,19H,5-10,15-16H2,1-2H3,(H,31,32)(H,33,34). The fraction of sp³-hybridized carbons (Fsp3) is 0.429. The first-order chi connectivity index (χ1) is 17.9. The number of likely N-dealkylation sites (tertiary alicyclic amines) is 1. The highest BCUT2D eigenvalue weighted by Crippen LogP contribution is 2.33. The molecule has 37 heavy (non-hydrogen) atoms. The van der Waals surface area contributed by atoms with Gasteiger partial charge in [0.1, 0.15) is 23.1 Å². The molecule has 9 heteroatoms. The number of rotatable bonds is 7. The molecule has 6 rings (SSSR count). The van der Waals surface area contributed by atoms with Crippen molar-refractivity contribution in [3.63, 3.8) is 0 Å². The number of aromatic amines is 2. The summed E-state index contributed by atoms with van der Waals surface area (Å²) < 4.78 is 32.8. The van der Waals surface area contributed by atoms with E-state index in [1.807, 2.05) is 18.2 Å². The Labute approximate surface area is 214 Å². The number of H-pyrrole nitrogens is 2. The van der Waals surface area contributed by atoms with Crippen molar-refractivity contribution in [1.29, 1.82) is 0 Å². The fourth-order valence-corrected chi connectivity index (χ4v) is 5.67. The number of hydrogen-bond donors (Lipinski definition) is 2. The highest BCUT2D eigenvalue weighted by atomic mass is 19.1. The van der Waals surface area contributed by atoms with E-state index < -0.39 is 11.6 Å². The summed E-state index contributed by atoms with van der Waals surface area (Å²) >= 11 is 0. The van der Waals surface area contributed by atoms with Crippen LogP contribution in [0.1, 0.15) is 36.7 Å². The molecule has 1 unspecified atom stereocenters. The number of nitrogens with one attached hydrogen (secondary N) is 2. The zero-order valence-electron chi connectivity index (χ0n) is 21.2. The van der Waals surface area contributed by atoms with Gasteiger partial charge >= 0.3 is 0 Å². The molecule has 4 aromatic rings. The number of benzene rings is 2. The van der Waals surface area contributed by atoms with Gasteiger partial charge in [0.05, 0.1) is 23.5 Å². The van der Waals surface area contributed by atoms with Crippen LogP contribution >= 0.6 is 0 Å². The monoisotopic (exact) mass is 506 g/mol. The molecule has 2 aliphatic rings. The van der Waals surface area contributed by atoms with Gasteiger partial charge in [-0.05, 0) is 81.7 Å². The molecule has 1 saturated heterocycles. The number of aromatic nitrogens is 4. The number of fused-ring (bicyclic) bond motifs is 2. The van der Waals surface area contributed by atoms with E-state index >= 15 is 0 Å². The molecule has 2 aromatic heterocycles. The first-order valence-corrected chi connectivity index (χ1v) is 13.0. The van der Waals surface area contributed by atoms with E-state index in [4.69, 9.17) is 9.72 Å². The highest BCUT2D eigenvalue weighted by Gasteiger charge is 2.32. The van der Waals surface area contributed by atoms with Gasteiger partial charge in [0, 0.05) is 37.0 Å². The van der Waals surface area contributed by atoms with Gasteiger partial charge in [-0.25, -0.2) is 13.8 Å². The Morgan fingerprint density at radius 2 is 1.86 bits per heavy atom. The van der Waals surface area contributed by atoms with Crippen LogP contribution in [0.25, 0.3) is 22.4 Å². The van der Waals surface area contributed by atoms with Crippen LogP contribution in [0.2, 0.25) is 0 Å². The third-order valence-corrected chi connectivity index (χ3v) is 7.94. The minimum atomic E-state index is -0.579. The number of piperidine rings is 1. The van der Waals surface area contributed by atoms with Crippen molar-refractivity contribution in [1.82, 2.24) is 30.0 Å². The van der Waals surface area contributed by atoms with Gasteiger partial charge < -0.3 is 14.6 Å². The minimum Gasteiger partial charge on any atom is -0.493 e. The molecule has 4 heterocycles. The molecular weight excluding hydrogens is 474 g/mol. The van der Waals surface area contributed by atoms with Crippen molar-refractivity contribution >= 4 is 10.9 Å². The van der Waals surface area contributed by atoms with Crippen LogP contribution in [-0.4, -0.2) is 62.8 Å². The summed E-state index contributed by atoms with van der Waals surface area (Å²) in [6, 6.07) is 9.78. The van der Waals surface area contributed by atoms with Gasteiger partial charge in [0.25, 0.3) is 0 Å². The topological polar surface area (TPSA) is 73.1 Å². The second-order valence-corrected chi connectivity index (χ2v) is 10.5. The lowest BCUT2D eigenvalue weighted by atomic mass is 9.90. The third-order valence-electron chi connectivity index (χ3n) is 7.94. The molecule has 194 valence electrons. The predicted molar refractivity (Wildman–Crippen MR) is 138 cm³/mol. The first kappa shape index (κ1) is 24.1. The number of halogens is 2. The van der Waals surface area contributed by atoms with Crippen molar-refractivity contribution in [2.45, 2.75) is 45.3 Å². The summed E-state index contributed by atoms with van der Waals surface area (Å²) in [7, 11) is 2.20. The maximum Gasteiger partial charge on any atom is 0.159 e. The van der Waals surface area contributed by atoms with Gasteiger partial charge in [0.15, 0.2) is 5.82 Å². The van der Waals surface area contributed by atoms with Crippen molar-refractivity contribution in [3.05, 3.63) is 65.0 Å². The SMILES string of the molecule is CC(C1CCN(C)CC1)N1Cc2nc(-c3n[nH]c4ccc(OCCc5cc(F)cc(F)c5)cc34)[nH]c2C1. The molecule has 1 fully saturated rings. The zero-order chi connectivity index (χ0) is 25.5. The highest BCUT2D eigenvalue weighted by molar-refractivity contribution is 5.92.